The molecule has 0 amide bonds. The monoisotopic (exact) mass is 307 g/mol. The number of hydrogen-bond donors (Lipinski definition) is 1. The summed E-state index contributed by atoms with van der Waals surface area (Å²) in [5.41, 5.74) is 3.01. The first-order chi connectivity index (χ1) is 11.0. The van der Waals surface area contributed by atoms with Gasteiger partial charge in [-0.05, 0) is 42.3 Å². The van der Waals surface area contributed by atoms with Crippen molar-refractivity contribution in [3.63, 3.8) is 0 Å². The van der Waals surface area contributed by atoms with E-state index in [1.807, 2.05) is 48.5 Å². The van der Waals surface area contributed by atoms with Gasteiger partial charge in [0, 0.05) is 5.57 Å². The predicted octanol–water partition coefficient (Wildman–Crippen LogP) is 4.39. The smallest absolute Gasteiger partial charge is 0.330 e. The van der Waals surface area contributed by atoms with Crippen molar-refractivity contribution in [3.8, 4) is 22.9 Å². The van der Waals surface area contributed by atoms with Crippen molar-refractivity contribution in [3.05, 3.63) is 79.1 Å². The largest absolute Gasteiger partial charge is 0.478 e. The average molecular weight is 307 g/mol. The van der Waals surface area contributed by atoms with Crippen molar-refractivity contribution in [2.45, 2.75) is 6.92 Å². The summed E-state index contributed by atoms with van der Waals surface area (Å²) in [4.78, 5) is 9.60. The molecule has 4 heteroatoms. The summed E-state index contributed by atoms with van der Waals surface area (Å²) in [6.45, 7) is 8.10. The fourth-order valence-corrected chi connectivity index (χ4v) is 1.56. The number of carboxylic acid groups (broad SMARTS) is 1. The summed E-state index contributed by atoms with van der Waals surface area (Å²) < 4.78 is 5.15. The van der Waals surface area contributed by atoms with E-state index < -0.39 is 5.97 Å². The van der Waals surface area contributed by atoms with Gasteiger partial charge in [0.2, 0.25) is 0 Å². The molecule has 0 aliphatic heterocycles. The highest BCUT2D eigenvalue weighted by Gasteiger charge is 1.98. The second-order valence-electron chi connectivity index (χ2n) is 4.58. The third-order valence-corrected chi connectivity index (χ3v) is 2.79. The molecule has 4 nitrogen and oxygen atoms in total. The first-order valence-electron chi connectivity index (χ1n) is 6.75. The first-order valence-corrected chi connectivity index (χ1v) is 6.75. The molecule has 0 aromatic heterocycles. The SMILES string of the molecule is C=C(C)C(=O)O.C=COc1ccc(-c2ccc(C#N)cc2)cc1. The lowest BCUT2D eigenvalue weighted by Gasteiger charge is -2.03. The maximum Gasteiger partial charge on any atom is 0.330 e. The van der Waals surface area contributed by atoms with Gasteiger partial charge in [0.05, 0.1) is 17.9 Å². The molecule has 0 aliphatic carbocycles. The zero-order valence-electron chi connectivity index (χ0n) is 12.8. The molecule has 0 saturated carbocycles. The van der Waals surface area contributed by atoms with E-state index in [2.05, 4.69) is 19.2 Å². The van der Waals surface area contributed by atoms with Crippen LogP contribution in [0.15, 0.2) is 73.5 Å². The summed E-state index contributed by atoms with van der Waals surface area (Å²) in [6.07, 6.45) is 1.40. The minimum atomic E-state index is -0.935. The van der Waals surface area contributed by atoms with Gasteiger partial charge in [0.15, 0.2) is 0 Å². The Bertz CT molecular complexity index is 711. The van der Waals surface area contributed by atoms with Crippen LogP contribution < -0.4 is 4.74 Å². The van der Waals surface area contributed by atoms with Gasteiger partial charge in [0.1, 0.15) is 5.75 Å². The van der Waals surface area contributed by atoms with E-state index in [9.17, 15) is 4.79 Å². The molecule has 0 saturated heterocycles. The maximum absolute atomic E-state index is 9.60. The molecule has 0 spiro atoms. The number of ether oxygens (including phenoxy) is 1. The summed E-state index contributed by atoms with van der Waals surface area (Å²) >= 11 is 0. The molecule has 116 valence electrons. The quantitative estimate of drug-likeness (QED) is 0.671. The number of carboxylic acids is 1. The highest BCUT2D eigenvalue weighted by Crippen LogP contribution is 2.22. The average Bonchev–Trinajstić information content (AvgIpc) is 2.56. The molecule has 0 unspecified atom stereocenters. The Hall–Kier alpha value is -3.32. The van der Waals surface area contributed by atoms with Crippen molar-refractivity contribution < 1.29 is 14.6 Å². The van der Waals surface area contributed by atoms with Crippen LogP contribution in [0.2, 0.25) is 0 Å². The molecule has 0 bridgehead atoms. The maximum atomic E-state index is 9.60. The zero-order chi connectivity index (χ0) is 17.2. The Kier molecular flexibility index (Phi) is 6.83. The van der Waals surface area contributed by atoms with Crippen molar-refractivity contribution in [2.24, 2.45) is 0 Å². The fourth-order valence-electron chi connectivity index (χ4n) is 1.56. The van der Waals surface area contributed by atoms with Crippen LogP contribution in [0, 0.1) is 11.3 Å². The highest BCUT2D eigenvalue weighted by atomic mass is 16.5. The Morgan fingerprint density at radius 1 is 1.13 bits per heavy atom. The van der Waals surface area contributed by atoms with Crippen molar-refractivity contribution >= 4 is 5.97 Å². The van der Waals surface area contributed by atoms with Crippen LogP contribution in [-0.2, 0) is 4.79 Å². The molecule has 1 N–H and O–H groups in total. The van der Waals surface area contributed by atoms with Gasteiger partial charge in [-0.25, -0.2) is 4.79 Å². The zero-order valence-corrected chi connectivity index (χ0v) is 12.8. The summed E-state index contributed by atoms with van der Waals surface area (Å²) in [5.74, 6) is -0.174. The molecule has 0 heterocycles. The van der Waals surface area contributed by atoms with E-state index in [0.717, 1.165) is 16.9 Å². The van der Waals surface area contributed by atoms with Crippen molar-refractivity contribution in [2.75, 3.05) is 0 Å². The van der Waals surface area contributed by atoms with Crippen molar-refractivity contribution in [1.29, 1.82) is 5.26 Å². The molecule has 2 rings (SSSR count). The topological polar surface area (TPSA) is 70.3 Å². The van der Waals surface area contributed by atoms with E-state index in [-0.39, 0.29) is 5.57 Å². The predicted molar refractivity (Wildman–Crippen MR) is 89.9 cm³/mol. The minimum Gasteiger partial charge on any atom is -0.478 e. The molecule has 2 aromatic rings. The summed E-state index contributed by atoms with van der Waals surface area (Å²) in [7, 11) is 0. The van der Waals surface area contributed by atoms with Gasteiger partial charge < -0.3 is 9.84 Å². The second kappa shape index (κ2) is 8.85. The van der Waals surface area contributed by atoms with E-state index in [1.165, 1.54) is 13.2 Å². The van der Waals surface area contributed by atoms with Crippen LogP contribution in [-0.4, -0.2) is 11.1 Å². The van der Waals surface area contributed by atoms with Crippen LogP contribution in [0.1, 0.15) is 12.5 Å². The molecule has 0 radical (unpaired) electrons. The molecule has 0 aliphatic rings. The number of carbonyl (C=O) groups is 1. The number of benzene rings is 2. The van der Waals surface area contributed by atoms with E-state index in [0.29, 0.717) is 5.56 Å². The van der Waals surface area contributed by atoms with Gasteiger partial charge in [-0.2, -0.15) is 5.26 Å². The molecule has 2 aromatic carbocycles. The molecule has 23 heavy (non-hydrogen) atoms. The fraction of sp³-hybridized carbons (Fsp3) is 0.0526. The van der Waals surface area contributed by atoms with Gasteiger partial charge in [0.25, 0.3) is 0 Å². The number of aliphatic carboxylic acids is 1. The van der Waals surface area contributed by atoms with E-state index in [1.54, 1.807) is 0 Å². The third-order valence-electron chi connectivity index (χ3n) is 2.79. The van der Waals surface area contributed by atoms with Gasteiger partial charge in [-0.15, -0.1) is 0 Å². The normalized spacial score (nSPS) is 8.87. The highest BCUT2D eigenvalue weighted by molar-refractivity contribution is 5.84. The molecule has 0 atom stereocenters. The lowest BCUT2D eigenvalue weighted by molar-refractivity contribution is -0.132. The Morgan fingerprint density at radius 2 is 1.57 bits per heavy atom. The second-order valence-corrected chi connectivity index (χ2v) is 4.58. The van der Waals surface area contributed by atoms with E-state index >= 15 is 0 Å². The number of hydrogen-bond acceptors (Lipinski definition) is 3. The lowest BCUT2D eigenvalue weighted by Crippen LogP contribution is -1.92. The molecule has 0 fully saturated rings. The van der Waals surface area contributed by atoms with Crippen LogP contribution in [0.3, 0.4) is 0 Å². The van der Waals surface area contributed by atoms with E-state index in [4.69, 9.17) is 15.1 Å². The number of nitriles is 1. The standard InChI is InChI=1S/C15H11NO.C4H6O2/c1-2-17-15-9-7-14(8-10-15)13-5-3-12(11-16)4-6-13;1-3(2)4(5)6/h2-10H,1H2;1H2,2H3,(H,5,6). The first kappa shape index (κ1) is 17.7. The van der Waals surface area contributed by atoms with Crippen LogP contribution >= 0.6 is 0 Å². The van der Waals surface area contributed by atoms with Gasteiger partial charge in [-0.3, -0.25) is 0 Å². The number of nitrogens with zero attached hydrogens (tertiary/aromatic N) is 1. The Labute approximate surface area is 135 Å². The van der Waals surface area contributed by atoms with Gasteiger partial charge in [-0.1, -0.05) is 37.4 Å². The Balaban J connectivity index is 0.000000379. The molecular formula is C19H17NO3. The van der Waals surface area contributed by atoms with Crippen molar-refractivity contribution in [1.82, 2.24) is 0 Å². The lowest BCUT2D eigenvalue weighted by atomic mass is 10.0. The van der Waals surface area contributed by atoms with Crippen LogP contribution in [0.4, 0.5) is 0 Å². The van der Waals surface area contributed by atoms with Gasteiger partial charge >= 0.3 is 5.97 Å². The van der Waals surface area contributed by atoms with Crippen LogP contribution in [0.25, 0.3) is 11.1 Å². The minimum absolute atomic E-state index is 0.176. The number of rotatable bonds is 4. The van der Waals surface area contributed by atoms with Crippen LogP contribution in [0.5, 0.6) is 5.75 Å². The third kappa shape index (κ3) is 5.90. The molecular weight excluding hydrogens is 290 g/mol. The summed E-state index contributed by atoms with van der Waals surface area (Å²) in [5, 5.41) is 16.6. The Morgan fingerprint density at radius 3 is 1.91 bits per heavy atom. The summed E-state index contributed by atoms with van der Waals surface area (Å²) in [6, 6.07) is 17.3.